The molecule has 0 radical (unpaired) electrons. The number of carbonyl (C=O) groups is 1. The van der Waals surface area contributed by atoms with E-state index in [1.165, 1.54) is 23.1 Å². The Morgan fingerprint density at radius 2 is 2.12 bits per heavy atom. The highest BCUT2D eigenvalue weighted by molar-refractivity contribution is 8.03. The number of hydrazine groups is 1. The van der Waals surface area contributed by atoms with E-state index >= 15 is 0 Å². The van der Waals surface area contributed by atoms with E-state index in [1.54, 1.807) is 11.8 Å². The second-order valence-electron chi connectivity index (χ2n) is 3.68. The lowest BCUT2D eigenvalue weighted by Gasteiger charge is -2.20. The lowest BCUT2D eigenvalue weighted by Crippen LogP contribution is -2.42. The molecule has 0 unspecified atom stereocenters. The van der Waals surface area contributed by atoms with E-state index in [4.69, 9.17) is 5.84 Å². The van der Waals surface area contributed by atoms with Gasteiger partial charge in [-0.2, -0.15) is 0 Å². The first kappa shape index (κ1) is 13.8. The number of rotatable bonds is 5. The van der Waals surface area contributed by atoms with Gasteiger partial charge in [0, 0.05) is 5.75 Å². The SMILES string of the molecule is CSc1nnc(SCC(C)(C)C(=O)NN)s1. The third-order valence-electron chi connectivity index (χ3n) is 1.86. The predicted octanol–water partition coefficient (Wildman–Crippen LogP) is 1.37. The van der Waals surface area contributed by atoms with Crippen LogP contribution in [0.3, 0.4) is 0 Å². The molecule has 90 valence electrons. The molecule has 0 atom stereocenters. The van der Waals surface area contributed by atoms with E-state index in [2.05, 4.69) is 15.6 Å². The van der Waals surface area contributed by atoms with Crippen LogP contribution in [0.1, 0.15) is 13.8 Å². The summed E-state index contributed by atoms with van der Waals surface area (Å²) in [5.74, 6) is 5.57. The van der Waals surface area contributed by atoms with Crippen molar-refractivity contribution in [3.05, 3.63) is 0 Å². The van der Waals surface area contributed by atoms with Crippen molar-refractivity contribution in [2.24, 2.45) is 11.3 Å². The van der Waals surface area contributed by atoms with Crippen molar-refractivity contribution in [2.75, 3.05) is 12.0 Å². The van der Waals surface area contributed by atoms with Gasteiger partial charge in [-0.1, -0.05) is 48.7 Å². The zero-order valence-electron chi connectivity index (χ0n) is 9.31. The Labute approximate surface area is 107 Å². The smallest absolute Gasteiger partial charge is 0.240 e. The van der Waals surface area contributed by atoms with Crippen LogP contribution in [0.2, 0.25) is 0 Å². The Balaban J connectivity index is 2.53. The van der Waals surface area contributed by atoms with Crippen molar-refractivity contribution in [2.45, 2.75) is 22.5 Å². The molecule has 0 saturated heterocycles. The van der Waals surface area contributed by atoms with Gasteiger partial charge < -0.3 is 0 Å². The lowest BCUT2D eigenvalue weighted by atomic mass is 9.96. The molecular weight excluding hydrogens is 264 g/mol. The summed E-state index contributed by atoms with van der Waals surface area (Å²) >= 11 is 4.62. The van der Waals surface area contributed by atoms with Crippen molar-refractivity contribution in [1.82, 2.24) is 15.6 Å². The van der Waals surface area contributed by atoms with Gasteiger partial charge in [0.2, 0.25) is 5.91 Å². The maximum Gasteiger partial charge on any atom is 0.240 e. The Morgan fingerprint density at radius 3 is 2.62 bits per heavy atom. The van der Waals surface area contributed by atoms with E-state index in [0.29, 0.717) is 5.75 Å². The number of hydrogen-bond acceptors (Lipinski definition) is 7. The average Bonchev–Trinajstić information content (AvgIpc) is 2.73. The van der Waals surface area contributed by atoms with Gasteiger partial charge in [0.1, 0.15) is 0 Å². The molecule has 8 heteroatoms. The first-order valence-corrected chi connectivity index (χ1v) is 7.53. The van der Waals surface area contributed by atoms with Gasteiger partial charge in [0.15, 0.2) is 8.68 Å². The summed E-state index contributed by atoms with van der Waals surface area (Å²) in [6.45, 7) is 3.69. The summed E-state index contributed by atoms with van der Waals surface area (Å²) in [6, 6.07) is 0. The van der Waals surface area contributed by atoms with Crippen LogP contribution in [0.5, 0.6) is 0 Å². The molecule has 1 amide bonds. The minimum atomic E-state index is -0.509. The number of nitrogens with one attached hydrogen (secondary N) is 1. The molecule has 1 aromatic rings. The van der Waals surface area contributed by atoms with Crippen LogP contribution in [0.25, 0.3) is 0 Å². The average molecular weight is 278 g/mol. The van der Waals surface area contributed by atoms with Gasteiger partial charge in [-0.15, -0.1) is 10.2 Å². The number of hydrogen-bond donors (Lipinski definition) is 2. The summed E-state index contributed by atoms with van der Waals surface area (Å²) < 4.78 is 1.81. The minimum absolute atomic E-state index is 0.172. The topological polar surface area (TPSA) is 80.9 Å². The highest BCUT2D eigenvalue weighted by atomic mass is 32.2. The fourth-order valence-electron chi connectivity index (χ4n) is 0.841. The first-order chi connectivity index (χ1) is 7.49. The maximum absolute atomic E-state index is 11.4. The molecule has 1 heterocycles. The first-order valence-electron chi connectivity index (χ1n) is 4.51. The summed E-state index contributed by atoms with van der Waals surface area (Å²) in [7, 11) is 0. The number of nitrogens with two attached hydrogens (primary N) is 1. The summed E-state index contributed by atoms with van der Waals surface area (Å²) in [5, 5.41) is 8.01. The molecule has 0 spiro atoms. The normalized spacial score (nSPS) is 11.5. The predicted molar refractivity (Wildman–Crippen MR) is 68.5 cm³/mol. The molecule has 0 aliphatic carbocycles. The van der Waals surface area contributed by atoms with Crippen LogP contribution in [-0.2, 0) is 4.79 Å². The van der Waals surface area contributed by atoms with Gasteiger partial charge in [0.05, 0.1) is 5.41 Å². The van der Waals surface area contributed by atoms with E-state index in [-0.39, 0.29) is 5.91 Å². The number of carbonyl (C=O) groups excluding carboxylic acids is 1. The van der Waals surface area contributed by atoms with Gasteiger partial charge in [-0.3, -0.25) is 10.2 Å². The van der Waals surface area contributed by atoms with Crippen molar-refractivity contribution in [1.29, 1.82) is 0 Å². The molecule has 0 aromatic carbocycles. The quantitative estimate of drug-likeness (QED) is 0.366. The Kier molecular flexibility index (Phi) is 5.03. The van der Waals surface area contributed by atoms with Gasteiger partial charge in [0.25, 0.3) is 0 Å². The Morgan fingerprint density at radius 1 is 1.50 bits per heavy atom. The largest absolute Gasteiger partial charge is 0.294 e. The molecule has 0 aliphatic heterocycles. The van der Waals surface area contributed by atoms with Crippen molar-refractivity contribution >= 4 is 40.8 Å². The second kappa shape index (κ2) is 5.85. The van der Waals surface area contributed by atoms with Crippen LogP contribution >= 0.6 is 34.9 Å². The highest BCUT2D eigenvalue weighted by Crippen LogP contribution is 2.31. The third-order valence-corrected chi connectivity index (χ3v) is 5.36. The highest BCUT2D eigenvalue weighted by Gasteiger charge is 2.27. The molecule has 1 rings (SSSR count). The molecule has 16 heavy (non-hydrogen) atoms. The number of amides is 1. The number of thioether (sulfide) groups is 2. The van der Waals surface area contributed by atoms with Crippen LogP contribution in [0.4, 0.5) is 0 Å². The maximum atomic E-state index is 11.4. The summed E-state index contributed by atoms with van der Waals surface area (Å²) in [5.41, 5.74) is 1.66. The van der Waals surface area contributed by atoms with Gasteiger partial charge >= 0.3 is 0 Å². The van der Waals surface area contributed by atoms with Gasteiger partial charge in [-0.25, -0.2) is 5.84 Å². The molecule has 0 bridgehead atoms. The summed E-state index contributed by atoms with van der Waals surface area (Å²) in [6.07, 6.45) is 1.96. The van der Waals surface area contributed by atoms with Crippen LogP contribution < -0.4 is 11.3 Å². The van der Waals surface area contributed by atoms with Crippen molar-refractivity contribution < 1.29 is 4.79 Å². The fraction of sp³-hybridized carbons (Fsp3) is 0.625. The van der Waals surface area contributed by atoms with E-state index in [9.17, 15) is 4.79 Å². The van der Waals surface area contributed by atoms with E-state index in [1.807, 2.05) is 20.1 Å². The third kappa shape index (κ3) is 3.62. The molecule has 5 nitrogen and oxygen atoms in total. The Hall–Kier alpha value is -0.310. The zero-order chi connectivity index (χ0) is 12.2. The minimum Gasteiger partial charge on any atom is -0.294 e. The molecule has 3 N–H and O–H groups in total. The standard InChI is InChI=1S/C8H14N4OS3/c1-8(2,5(13)10-9)4-15-7-12-11-6(14-3)16-7/h4,9H2,1-3H3,(H,10,13). The fourth-order valence-corrected chi connectivity index (χ4v) is 3.37. The molecular formula is C8H14N4OS3. The monoisotopic (exact) mass is 278 g/mol. The van der Waals surface area contributed by atoms with E-state index < -0.39 is 5.41 Å². The molecule has 0 fully saturated rings. The zero-order valence-corrected chi connectivity index (χ0v) is 11.8. The number of nitrogens with zero attached hydrogens (tertiary/aromatic N) is 2. The van der Waals surface area contributed by atoms with Crippen LogP contribution in [-0.4, -0.2) is 28.1 Å². The van der Waals surface area contributed by atoms with Gasteiger partial charge in [-0.05, 0) is 6.26 Å². The molecule has 0 saturated carbocycles. The second-order valence-corrected chi connectivity index (χ2v) is 6.94. The van der Waals surface area contributed by atoms with E-state index in [0.717, 1.165) is 8.68 Å². The van der Waals surface area contributed by atoms with Crippen molar-refractivity contribution in [3.8, 4) is 0 Å². The molecule has 1 aromatic heterocycles. The van der Waals surface area contributed by atoms with Crippen molar-refractivity contribution in [3.63, 3.8) is 0 Å². The Bertz CT molecular complexity index is 366. The van der Waals surface area contributed by atoms with Crippen LogP contribution in [0.15, 0.2) is 8.68 Å². The van der Waals surface area contributed by atoms with Crippen LogP contribution in [0, 0.1) is 5.41 Å². The lowest BCUT2D eigenvalue weighted by molar-refractivity contribution is -0.128. The molecule has 0 aliphatic rings. The number of aromatic nitrogens is 2. The summed E-state index contributed by atoms with van der Waals surface area (Å²) in [4.78, 5) is 11.4.